The maximum Gasteiger partial charge on any atom is 0.244 e. The van der Waals surface area contributed by atoms with Crippen molar-refractivity contribution >= 4 is 32.3 Å². The second-order valence-electron chi connectivity index (χ2n) is 8.70. The molecular formula is C27H28N2O3S. The van der Waals surface area contributed by atoms with Crippen molar-refractivity contribution in [1.29, 1.82) is 0 Å². The number of hydrogen-bond acceptors (Lipinski definition) is 3. The molecule has 6 heteroatoms. The summed E-state index contributed by atoms with van der Waals surface area (Å²) >= 11 is 0. The molecule has 0 aliphatic rings. The van der Waals surface area contributed by atoms with Crippen LogP contribution >= 0.6 is 0 Å². The third-order valence-electron chi connectivity index (χ3n) is 5.82. The summed E-state index contributed by atoms with van der Waals surface area (Å²) in [7, 11) is -3.60. The summed E-state index contributed by atoms with van der Waals surface area (Å²) in [6, 6.07) is 18.9. The molecule has 0 atom stereocenters. The lowest BCUT2D eigenvalue weighted by atomic mass is 10.1. The molecule has 0 radical (unpaired) electrons. The molecule has 3 aromatic carbocycles. The van der Waals surface area contributed by atoms with E-state index in [1.807, 2.05) is 82.3 Å². The second-order valence-corrected chi connectivity index (χ2v) is 10.7. The molecule has 0 spiro atoms. The first kappa shape index (κ1) is 22.8. The molecule has 0 saturated carbocycles. The zero-order valence-electron chi connectivity index (χ0n) is 19.3. The van der Waals surface area contributed by atoms with E-state index in [0.29, 0.717) is 10.9 Å². The van der Waals surface area contributed by atoms with Crippen molar-refractivity contribution in [3.8, 4) is 0 Å². The Morgan fingerprint density at radius 1 is 0.879 bits per heavy atom. The fraction of sp³-hybridized carbons (Fsp3) is 0.222. The van der Waals surface area contributed by atoms with E-state index < -0.39 is 9.84 Å². The van der Waals surface area contributed by atoms with Crippen molar-refractivity contribution < 1.29 is 13.2 Å². The number of anilines is 1. The van der Waals surface area contributed by atoms with Crippen LogP contribution in [0.15, 0.2) is 71.8 Å². The summed E-state index contributed by atoms with van der Waals surface area (Å²) in [5, 5.41) is 3.63. The van der Waals surface area contributed by atoms with Gasteiger partial charge in [-0.05, 0) is 50.5 Å². The molecule has 4 aromatic rings. The number of rotatable bonds is 6. The lowest BCUT2D eigenvalue weighted by Gasteiger charge is -2.13. The quantitative estimate of drug-likeness (QED) is 0.414. The lowest BCUT2D eigenvalue weighted by molar-refractivity contribution is -0.116. The standard InChI is InChI=1S/C27H28N2O3S/c1-18-9-11-22(12-10-18)17-33(31,32)25-15-29(24-8-6-5-7-23(24)25)16-26(30)28-27-20(3)13-19(2)14-21(27)4/h5-15H,16-17H2,1-4H3,(H,28,30). The molecule has 170 valence electrons. The van der Waals surface area contributed by atoms with Gasteiger partial charge in [-0.2, -0.15) is 0 Å². The minimum absolute atomic E-state index is 0.0212. The van der Waals surface area contributed by atoms with Gasteiger partial charge in [0.25, 0.3) is 0 Å². The number of benzene rings is 3. The van der Waals surface area contributed by atoms with Crippen LogP contribution in [0.4, 0.5) is 5.69 Å². The van der Waals surface area contributed by atoms with Crippen LogP contribution in [0.1, 0.15) is 27.8 Å². The highest BCUT2D eigenvalue weighted by atomic mass is 32.2. The molecule has 1 heterocycles. The second kappa shape index (κ2) is 8.87. The van der Waals surface area contributed by atoms with E-state index in [0.717, 1.165) is 33.5 Å². The van der Waals surface area contributed by atoms with Crippen molar-refractivity contribution in [1.82, 2.24) is 4.57 Å². The van der Waals surface area contributed by atoms with Crippen LogP contribution in [0.25, 0.3) is 10.9 Å². The molecule has 0 bridgehead atoms. The van der Waals surface area contributed by atoms with Crippen LogP contribution in [0.3, 0.4) is 0 Å². The molecule has 1 N–H and O–H groups in total. The van der Waals surface area contributed by atoms with E-state index >= 15 is 0 Å². The van der Waals surface area contributed by atoms with Crippen LogP contribution < -0.4 is 5.32 Å². The Morgan fingerprint density at radius 3 is 2.18 bits per heavy atom. The summed E-state index contributed by atoms with van der Waals surface area (Å²) < 4.78 is 28.3. The Kier molecular flexibility index (Phi) is 6.13. The SMILES string of the molecule is Cc1ccc(CS(=O)(=O)c2cn(CC(=O)Nc3c(C)cc(C)cc3C)c3ccccc23)cc1. The molecule has 5 nitrogen and oxygen atoms in total. The first-order valence-corrected chi connectivity index (χ1v) is 12.5. The molecule has 4 rings (SSSR count). The van der Waals surface area contributed by atoms with Gasteiger partial charge in [-0.15, -0.1) is 0 Å². The van der Waals surface area contributed by atoms with Gasteiger partial charge in [-0.3, -0.25) is 4.79 Å². The summed E-state index contributed by atoms with van der Waals surface area (Å²) in [6.45, 7) is 7.95. The third-order valence-corrected chi connectivity index (χ3v) is 7.53. The van der Waals surface area contributed by atoms with Gasteiger partial charge in [0.2, 0.25) is 5.91 Å². The van der Waals surface area contributed by atoms with E-state index in [1.54, 1.807) is 16.8 Å². The van der Waals surface area contributed by atoms with Gasteiger partial charge < -0.3 is 9.88 Å². The molecule has 0 saturated heterocycles. The Hall–Kier alpha value is -3.38. The van der Waals surface area contributed by atoms with E-state index in [1.165, 1.54) is 0 Å². The number of carbonyl (C=O) groups excluding carboxylic acids is 1. The van der Waals surface area contributed by atoms with E-state index in [-0.39, 0.29) is 23.1 Å². The first-order chi connectivity index (χ1) is 15.6. The monoisotopic (exact) mass is 460 g/mol. The number of hydrogen-bond donors (Lipinski definition) is 1. The predicted octanol–water partition coefficient (Wildman–Crippen LogP) is 5.49. The zero-order chi connectivity index (χ0) is 23.8. The Morgan fingerprint density at radius 2 is 1.52 bits per heavy atom. The minimum Gasteiger partial charge on any atom is -0.337 e. The van der Waals surface area contributed by atoms with Gasteiger partial charge in [0.1, 0.15) is 6.54 Å². The van der Waals surface area contributed by atoms with Crippen molar-refractivity contribution in [3.05, 3.63) is 94.7 Å². The normalized spacial score (nSPS) is 11.6. The van der Waals surface area contributed by atoms with Crippen LogP contribution in [-0.4, -0.2) is 18.9 Å². The van der Waals surface area contributed by atoms with Gasteiger partial charge in [0.15, 0.2) is 9.84 Å². The molecular weight excluding hydrogens is 432 g/mol. The van der Waals surface area contributed by atoms with Gasteiger partial charge in [-0.25, -0.2) is 8.42 Å². The number of aryl methyl sites for hydroxylation is 4. The van der Waals surface area contributed by atoms with Crippen molar-refractivity contribution in [2.45, 2.75) is 44.9 Å². The first-order valence-electron chi connectivity index (χ1n) is 10.9. The number of nitrogens with zero attached hydrogens (tertiary/aromatic N) is 1. The fourth-order valence-electron chi connectivity index (χ4n) is 4.28. The maximum atomic E-state index is 13.3. The van der Waals surface area contributed by atoms with Gasteiger partial charge >= 0.3 is 0 Å². The highest BCUT2D eigenvalue weighted by Gasteiger charge is 2.22. The molecule has 33 heavy (non-hydrogen) atoms. The average Bonchev–Trinajstić information content (AvgIpc) is 3.12. The van der Waals surface area contributed by atoms with Crippen molar-refractivity contribution in [3.63, 3.8) is 0 Å². The molecule has 0 aliphatic carbocycles. The minimum atomic E-state index is -3.60. The number of aromatic nitrogens is 1. The third kappa shape index (κ3) is 4.86. The average molecular weight is 461 g/mol. The molecule has 1 amide bonds. The largest absolute Gasteiger partial charge is 0.337 e. The molecule has 0 aliphatic heterocycles. The van der Waals surface area contributed by atoms with E-state index in [2.05, 4.69) is 5.32 Å². The van der Waals surface area contributed by atoms with Crippen LogP contribution in [0.2, 0.25) is 0 Å². The van der Waals surface area contributed by atoms with E-state index in [4.69, 9.17) is 0 Å². The topological polar surface area (TPSA) is 68.2 Å². The fourth-order valence-corrected chi connectivity index (χ4v) is 5.87. The number of fused-ring (bicyclic) bond motifs is 1. The number of nitrogens with one attached hydrogen (secondary N) is 1. The van der Waals surface area contributed by atoms with Crippen LogP contribution in [0, 0.1) is 27.7 Å². The van der Waals surface area contributed by atoms with E-state index in [9.17, 15) is 13.2 Å². The van der Waals surface area contributed by atoms with Gasteiger partial charge in [0.05, 0.1) is 10.6 Å². The number of amides is 1. The molecule has 0 unspecified atom stereocenters. The van der Waals surface area contributed by atoms with Crippen molar-refractivity contribution in [2.75, 3.05) is 5.32 Å². The number of sulfone groups is 1. The molecule has 0 fully saturated rings. The van der Waals surface area contributed by atoms with Crippen LogP contribution in [-0.2, 0) is 26.9 Å². The number of para-hydroxylation sites is 1. The smallest absolute Gasteiger partial charge is 0.244 e. The Labute approximate surface area is 195 Å². The number of carbonyl (C=O) groups is 1. The van der Waals surface area contributed by atoms with Gasteiger partial charge in [0, 0.05) is 22.8 Å². The maximum absolute atomic E-state index is 13.3. The van der Waals surface area contributed by atoms with Crippen molar-refractivity contribution in [2.24, 2.45) is 0 Å². The summed E-state index contributed by atoms with van der Waals surface area (Å²) in [5.41, 5.74) is 6.47. The Balaban J connectivity index is 1.65. The Bertz CT molecular complexity index is 1430. The summed E-state index contributed by atoms with van der Waals surface area (Å²) in [4.78, 5) is 13.2. The van der Waals surface area contributed by atoms with Gasteiger partial charge in [-0.1, -0.05) is 65.7 Å². The van der Waals surface area contributed by atoms with Crippen LogP contribution in [0.5, 0.6) is 0 Å². The molecule has 1 aromatic heterocycles. The zero-order valence-corrected chi connectivity index (χ0v) is 20.2. The highest BCUT2D eigenvalue weighted by Crippen LogP contribution is 2.28. The summed E-state index contributed by atoms with van der Waals surface area (Å²) in [6.07, 6.45) is 1.59. The predicted molar refractivity (Wildman–Crippen MR) is 133 cm³/mol. The summed E-state index contributed by atoms with van der Waals surface area (Å²) in [5.74, 6) is -0.289. The highest BCUT2D eigenvalue weighted by molar-refractivity contribution is 7.90. The lowest BCUT2D eigenvalue weighted by Crippen LogP contribution is -2.19.